The second kappa shape index (κ2) is 3.76. The van der Waals surface area contributed by atoms with E-state index < -0.39 is 0 Å². The van der Waals surface area contributed by atoms with Gasteiger partial charge in [0.25, 0.3) is 0 Å². The van der Waals surface area contributed by atoms with E-state index in [2.05, 4.69) is 4.98 Å². The van der Waals surface area contributed by atoms with Crippen molar-refractivity contribution in [2.24, 2.45) is 0 Å². The molecular weight excluding hydrogens is 216 g/mol. The summed E-state index contributed by atoms with van der Waals surface area (Å²) in [5.41, 5.74) is 6.68. The second-order valence-corrected chi connectivity index (χ2v) is 4.39. The van der Waals surface area contributed by atoms with Crippen molar-refractivity contribution in [3.05, 3.63) is 46.8 Å². The monoisotopic (exact) mass is 230 g/mol. The molecule has 1 fully saturated rings. The Labute approximate surface area is 98.5 Å². The second-order valence-electron chi connectivity index (χ2n) is 4.39. The average Bonchev–Trinajstić information content (AvgIpc) is 3.09. The van der Waals surface area contributed by atoms with Crippen molar-refractivity contribution in [3.8, 4) is 0 Å². The predicted molar refractivity (Wildman–Crippen MR) is 64.7 cm³/mol. The molecule has 0 aromatic carbocycles. The van der Waals surface area contributed by atoms with Crippen molar-refractivity contribution in [2.45, 2.75) is 25.4 Å². The highest BCUT2D eigenvalue weighted by Crippen LogP contribution is 2.33. The Morgan fingerprint density at radius 1 is 1.41 bits per heavy atom. The quantitative estimate of drug-likeness (QED) is 0.855. The molecule has 5 heteroatoms. The van der Waals surface area contributed by atoms with Gasteiger partial charge in [-0.15, -0.1) is 0 Å². The largest absolute Gasteiger partial charge is 0.383 e. The van der Waals surface area contributed by atoms with E-state index in [0.29, 0.717) is 18.4 Å². The van der Waals surface area contributed by atoms with Crippen LogP contribution in [0.5, 0.6) is 0 Å². The van der Waals surface area contributed by atoms with Gasteiger partial charge in [-0.2, -0.15) is 0 Å². The van der Waals surface area contributed by atoms with E-state index >= 15 is 0 Å². The van der Waals surface area contributed by atoms with Crippen molar-refractivity contribution in [1.29, 1.82) is 0 Å². The van der Waals surface area contributed by atoms with E-state index in [1.54, 1.807) is 15.3 Å². The fourth-order valence-corrected chi connectivity index (χ4v) is 1.95. The van der Waals surface area contributed by atoms with Crippen LogP contribution in [0.1, 0.15) is 24.4 Å². The highest BCUT2D eigenvalue weighted by molar-refractivity contribution is 5.38. The Morgan fingerprint density at radius 3 is 2.94 bits per heavy atom. The maximum absolute atomic E-state index is 12.0. The third-order valence-corrected chi connectivity index (χ3v) is 3.08. The van der Waals surface area contributed by atoms with Crippen molar-refractivity contribution in [3.63, 3.8) is 0 Å². The van der Waals surface area contributed by atoms with Gasteiger partial charge in [0.05, 0.1) is 6.54 Å². The molecule has 2 N–H and O–H groups in total. The summed E-state index contributed by atoms with van der Waals surface area (Å²) in [6.45, 7) is 0.484. The molecule has 5 nitrogen and oxygen atoms in total. The molecule has 3 rings (SSSR count). The van der Waals surface area contributed by atoms with Crippen molar-refractivity contribution < 1.29 is 0 Å². The van der Waals surface area contributed by atoms with Crippen LogP contribution < -0.4 is 11.4 Å². The van der Waals surface area contributed by atoms with Crippen LogP contribution in [0, 0.1) is 0 Å². The Hall–Kier alpha value is -2.04. The number of nitrogen functional groups attached to an aromatic ring is 1. The lowest BCUT2D eigenvalue weighted by Gasteiger charge is -2.04. The summed E-state index contributed by atoms with van der Waals surface area (Å²) in [6, 6.07) is 4.13. The highest BCUT2D eigenvalue weighted by Gasteiger charge is 2.25. The fraction of sp³-hybridized carbons (Fsp3) is 0.333. The van der Waals surface area contributed by atoms with Crippen LogP contribution in [0.25, 0.3) is 0 Å². The zero-order chi connectivity index (χ0) is 11.8. The van der Waals surface area contributed by atoms with E-state index in [-0.39, 0.29) is 5.69 Å². The molecule has 0 saturated heterocycles. The van der Waals surface area contributed by atoms with Gasteiger partial charge < -0.3 is 5.73 Å². The fourth-order valence-electron chi connectivity index (χ4n) is 1.95. The number of pyridine rings is 1. The summed E-state index contributed by atoms with van der Waals surface area (Å²) in [7, 11) is 0. The molecule has 2 aromatic heterocycles. The number of anilines is 1. The van der Waals surface area contributed by atoms with Gasteiger partial charge >= 0.3 is 5.69 Å². The molecule has 0 spiro atoms. The van der Waals surface area contributed by atoms with Gasteiger partial charge in [0.1, 0.15) is 5.82 Å². The van der Waals surface area contributed by atoms with Crippen molar-refractivity contribution in [1.82, 2.24) is 14.1 Å². The first-order valence-corrected chi connectivity index (χ1v) is 5.72. The topological polar surface area (TPSA) is 65.8 Å². The Morgan fingerprint density at radius 2 is 2.24 bits per heavy atom. The molecule has 1 saturated carbocycles. The van der Waals surface area contributed by atoms with Crippen LogP contribution in [0.2, 0.25) is 0 Å². The van der Waals surface area contributed by atoms with Gasteiger partial charge in [0.15, 0.2) is 0 Å². The zero-order valence-corrected chi connectivity index (χ0v) is 9.41. The summed E-state index contributed by atoms with van der Waals surface area (Å²) in [6.07, 6.45) is 7.54. The molecule has 1 aliphatic carbocycles. The molecule has 0 atom stereocenters. The van der Waals surface area contributed by atoms with Gasteiger partial charge in [0, 0.05) is 30.2 Å². The number of aromatic nitrogens is 3. The molecule has 2 aromatic rings. The molecular formula is C12H14N4O. The van der Waals surface area contributed by atoms with Gasteiger partial charge in [-0.3, -0.25) is 9.13 Å². The molecule has 0 radical (unpaired) electrons. The summed E-state index contributed by atoms with van der Waals surface area (Å²) in [5, 5.41) is 0. The standard InChI is InChI=1S/C12H14N4O/c13-11-9(2-1-5-14-11)8-15-6-7-16(12(15)17)10-3-4-10/h1-2,5-7,10H,3-4,8H2,(H2,13,14). The number of rotatable bonds is 3. The number of hydrogen-bond acceptors (Lipinski definition) is 3. The molecule has 0 aliphatic heterocycles. The molecule has 1 aliphatic rings. The summed E-state index contributed by atoms with van der Waals surface area (Å²) < 4.78 is 3.47. The lowest BCUT2D eigenvalue weighted by molar-refractivity contribution is 0.656. The molecule has 0 unspecified atom stereocenters. The predicted octanol–water partition coefficient (Wildman–Crippen LogP) is 1.01. The first-order valence-electron chi connectivity index (χ1n) is 5.72. The van der Waals surface area contributed by atoms with Crippen LogP contribution in [0.15, 0.2) is 35.5 Å². The lowest BCUT2D eigenvalue weighted by atomic mass is 10.2. The number of nitrogens with two attached hydrogens (primary N) is 1. The van der Waals surface area contributed by atoms with E-state index in [0.717, 1.165) is 18.4 Å². The van der Waals surface area contributed by atoms with Gasteiger partial charge in [0.2, 0.25) is 0 Å². The smallest absolute Gasteiger partial charge is 0.328 e. The van der Waals surface area contributed by atoms with Crippen LogP contribution in [0.3, 0.4) is 0 Å². The maximum atomic E-state index is 12.0. The van der Waals surface area contributed by atoms with Gasteiger partial charge in [-0.05, 0) is 18.9 Å². The molecule has 17 heavy (non-hydrogen) atoms. The van der Waals surface area contributed by atoms with Crippen LogP contribution in [0.4, 0.5) is 5.82 Å². The summed E-state index contributed by atoms with van der Waals surface area (Å²) in [5.74, 6) is 0.485. The van der Waals surface area contributed by atoms with Gasteiger partial charge in [-0.25, -0.2) is 9.78 Å². The molecule has 88 valence electrons. The first kappa shape index (κ1) is 10.1. The minimum Gasteiger partial charge on any atom is -0.383 e. The van der Waals surface area contributed by atoms with Crippen LogP contribution in [-0.4, -0.2) is 14.1 Å². The van der Waals surface area contributed by atoms with E-state index in [4.69, 9.17) is 5.73 Å². The van der Waals surface area contributed by atoms with Crippen LogP contribution in [-0.2, 0) is 6.54 Å². The maximum Gasteiger partial charge on any atom is 0.328 e. The van der Waals surface area contributed by atoms with Gasteiger partial charge in [-0.1, -0.05) is 6.07 Å². The third kappa shape index (κ3) is 1.84. The molecule has 0 bridgehead atoms. The minimum absolute atomic E-state index is 0.0377. The van der Waals surface area contributed by atoms with Crippen molar-refractivity contribution in [2.75, 3.05) is 5.73 Å². The third-order valence-electron chi connectivity index (χ3n) is 3.08. The van der Waals surface area contributed by atoms with E-state index in [1.807, 2.05) is 24.5 Å². The minimum atomic E-state index is 0.0377. The molecule has 2 heterocycles. The SMILES string of the molecule is Nc1ncccc1Cn1ccn(C2CC2)c1=O. The number of hydrogen-bond donors (Lipinski definition) is 1. The average molecular weight is 230 g/mol. The number of nitrogens with zero attached hydrogens (tertiary/aromatic N) is 3. The van der Waals surface area contributed by atoms with E-state index in [1.165, 1.54) is 0 Å². The summed E-state index contributed by atoms with van der Waals surface area (Å²) in [4.78, 5) is 16.0. The zero-order valence-electron chi connectivity index (χ0n) is 9.41. The normalized spacial score (nSPS) is 15.1. The Balaban J connectivity index is 1.91. The molecule has 0 amide bonds. The van der Waals surface area contributed by atoms with Crippen LogP contribution >= 0.6 is 0 Å². The lowest BCUT2D eigenvalue weighted by Crippen LogP contribution is -2.24. The Bertz CT molecular complexity index is 595. The Kier molecular flexibility index (Phi) is 2.24. The first-order chi connectivity index (χ1) is 8.25. The number of imidazole rings is 1. The van der Waals surface area contributed by atoms with E-state index in [9.17, 15) is 4.79 Å². The summed E-state index contributed by atoms with van der Waals surface area (Å²) >= 11 is 0. The van der Waals surface area contributed by atoms with Crippen molar-refractivity contribution >= 4 is 5.82 Å². The highest BCUT2D eigenvalue weighted by atomic mass is 16.1.